The van der Waals surface area contributed by atoms with Gasteiger partial charge in [-0.1, -0.05) is 38.3 Å². The predicted molar refractivity (Wildman–Crippen MR) is 50.6 cm³/mol. The summed E-state index contributed by atoms with van der Waals surface area (Å²) in [5.74, 6) is 0. The molecule has 0 radical (unpaired) electrons. The van der Waals surface area contributed by atoms with E-state index in [2.05, 4.69) is 25.1 Å². The van der Waals surface area contributed by atoms with E-state index in [1.807, 2.05) is 0 Å². The Labute approximate surface area is 75.1 Å². The van der Waals surface area contributed by atoms with Crippen LogP contribution < -0.4 is 0 Å². The average Bonchev–Trinajstić information content (AvgIpc) is 2.16. The van der Waals surface area contributed by atoms with Crippen LogP contribution in [0.15, 0.2) is 12.2 Å². The van der Waals surface area contributed by atoms with Crippen molar-refractivity contribution < 1.29 is 0 Å². The van der Waals surface area contributed by atoms with Crippen LogP contribution in [-0.4, -0.2) is 0 Å². The average molecular weight is 163 g/mol. The number of nitrogens with zero attached hydrogens (tertiary/aromatic N) is 1. The van der Waals surface area contributed by atoms with E-state index in [1.54, 1.807) is 0 Å². The second-order valence-electron chi connectivity index (χ2n) is 3.64. The van der Waals surface area contributed by atoms with Gasteiger partial charge in [0.15, 0.2) is 0 Å². The van der Waals surface area contributed by atoms with E-state index in [0.29, 0.717) is 0 Å². The molecule has 0 aliphatic heterocycles. The lowest BCUT2D eigenvalue weighted by molar-refractivity contribution is 0.335. The highest BCUT2D eigenvalue weighted by Gasteiger charge is 2.28. The first kappa shape index (κ1) is 9.32. The van der Waals surface area contributed by atoms with Crippen LogP contribution in [0.25, 0.3) is 0 Å². The molecule has 0 atom stereocenters. The molecule has 0 aromatic carbocycles. The fraction of sp³-hybridized carbons (Fsp3) is 0.727. The molecule has 1 aliphatic rings. The zero-order valence-corrected chi connectivity index (χ0v) is 7.84. The molecular formula is C11H17N. The number of allylic oxidation sites excluding steroid dienone is 2. The van der Waals surface area contributed by atoms with Gasteiger partial charge in [-0.15, -0.1) is 0 Å². The van der Waals surface area contributed by atoms with Gasteiger partial charge in [0.2, 0.25) is 0 Å². The van der Waals surface area contributed by atoms with E-state index in [-0.39, 0.29) is 5.41 Å². The van der Waals surface area contributed by atoms with Crippen molar-refractivity contribution in [1.82, 2.24) is 0 Å². The van der Waals surface area contributed by atoms with Crippen molar-refractivity contribution in [3.8, 4) is 6.07 Å². The fourth-order valence-corrected chi connectivity index (χ4v) is 1.84. The lowest BCUT2D eigenvalue weighted by Gasteiger charge is -2.27. The van der Waals surface area contributed by atoms with E-state index in [1.165, 1.54) is 19.3 Å². The Bertz CT molecular complexity index is 192. The number of hydrogen-bond acceptors (Lipinski definition) is 1. The molecule has 0 saturated heterocycles. The molecule has 0 bridgehead atoms. The fourth-order valence-electron chi connectivity index (χ4n) is 1.84. The van der Waals surface area contributed by atoms with Crippen LogP contribution in [-0.2, 0) is 0 Å². The molecule has 66 valence electrons. The SMILES string of the molecule is CCC=CC1(C#N)CCCCC1. The number of hydrogen-bond donors (Lipinski definition) is 0. The third kappa shape index (κ3) is 2.11. The van der Waals surface area contributed by atoms with Crippen molar-refractivity contribution in [2.45, 2.75) is 45.4 Å². The maximum Gasteiger partial charge on any atom is 0.0753 e. The summed E-state index contributed by atoms with van der Waals surface area (Å²) in [7, 11) is 0. The molecule has 0 heterocycles. The van der Waals surface area contributed by atoms with Crippen LogP contribution in [0.2, 0.25) is 0 Å². The molecule has 1 aliphatic carbocycles. The van der Waals surface area contributed by atoms with Crippen molar-refractivity contribution in [3.63, 3.8) is 0 Å². The second-order valence-corrected chi connectivity index (χ2v) is 3.64. The molecule has 1 saturated carbocycles. The Morgan fingerprint density at radius 3 is 2.50 bits per heavy atom. The summed E-state index contributed by atoms with van der Waals surface area (Å²) in [6.07, 6.45) is 11.2. The van der Waals surface area contributed by atoms with Crippen molar-refractivity contribution >= 4 is 0 Å². The predicted octanol–water partition coefficient (Wildman–Crippen LogP) is 3.43. The minimum absolute atomic E-state index is 0.103. The Kier molecular flexibility index (Phi) is 3.34. The van der Waals surface area contributed by atoms with Gasteiger partial charge in [0, 0.05) is 0 Å². The summed E-state index contributed by atoms with van der Waals surface area (Å²) < 4.78 is 0. The highest BCUT2D eigenvalue weighted by molar-refractivity contribution is 5.13. The molecule has 0 aromatic rings. The van der Waals surface area contributed by atoms with E-state index < -0.39 is 0 Å². The third-order valence-electron chi connectivity index (χ3n) is 2.64. The summed E-state index contributed by atoms with van der Waals surface area (Å²) in [5.41, 5.74) is -0.103. The van der Waals surface area contributed by atoms with Gasteiger partial charge in [0.05, 0.1) is 11.5 Å². The molecule has 0 N–H and O–H groups in total. The maximum absolute atomic E-state index is 9.07. The first-order chi connectivity index (χ1) is 5.83. The normalized spacial score (nSPS) is 22.3. The lowest BCUT2D eigenvalue weighted by Crippen LogP contribution is -2.18. The second kappa shape index (κ2) is 4.30. The van der Waals surface area contributed by atoms with E-state index in [0.717, 1.165) is 19.3 Å². The minimum Gasteiger partial charge on any atom is -0.197 e. The Hall–Kier alpha value is -0.770. The molecule has 0 aromatic heterocycles. The zero-order valence-electron chi connectivity index (χ0n) is 7.84. The first-order valence-electron chi connectivity index (χ1n) is 4.92. The molecule has 12 heavy (non-hydrogen) atoms. The van der Waals surface area contributed by atoms with Crippen LogP contribution in [0.4, 0.5) is 0 Å². The van der Waals surface area contributed by atoms with E-state index in [4.69, 9.17) is 5.26 Å². The van der Waals surface area contributed by atoms with Crippen molar-refractivity contribution in [2.24, 2.45) is 5.41 Å². The van der Waals surface area contributed by atoms with Gasteiger partial charge in [0.25, 0.3) is 0 Å². The van der Waals surface area contributed by atoms with Gasteiger partial charge in [-0.05, 0) is 19.3 Å². The topological polar surface area (TPSA) is 23.8 Å². The van der Waals surface area contributed by atoms with Gasteiger partial charge in [-0.3, -0.25) is 0 Å². The smallest absolute Gasteiger partial charge is 0.0753 e. The standard InChI is InChI=1S/C11H17N/c1-2-3-7-11(10-12)8-5-4-6-9-11/h3,7H,2,4-6,8-9H2,1H3. The maximum atomic E-state index is 9.07. The van der Waals surface area contributed by atoms with Gasteiger partial charge < -0.3 is 0 Å². The van der Waals surface area contributed by atoms with E-state index >= 15 is 0 Å². The third-order valence-corrected chi connectivity index (χ3v) is 2.64. The summed E-state index contributed by atoms with van der Waals surface area (Å²) >= 11 is 0. The van der Waals surface area contributed by atoms with Crippen molar-refractivity contribution in [3.05, 3.63) is 12.2 Å². The zero-order chi connectivity index (χ0) is 8.86. The summed E-state index contributed by atoms with van der Waals surface area (Å²) in [6, 6.07) is 2.47. The van der Waals surface area contributed by atoms with Crippen LogP contribution in [0.5, 0.6) is 0 Å². The van der Waals surface area contributed by atoms with E-state index in [9.17, 15) is 0 Å². The molecule has 0 amide bonds. The van der Waals surface area contributed by atoms with Gasteiger partial charge in [-0.2, -0.15) is 5.26 Å². The molecule has 1 rings (SSSR count). The monoisotopic (exact) mass is 163 g/mol. The quantitative estimate of drug-likeness (QED) is 0.572. The minimum atomic E-state index is -0.103. The highest BCUT2D eigenvalue weighted by Crippen LogP contribution is 2.36. The Morgan fingerprint density at radius 2 is 2.00 bits per heavy atom. The molecule has 1 heteroatoms. The van der Waals surface area contributed by atoms with Crippen molar-refractivity contribution in [2.75, 3.05) is 0 Å². The number of rotatable bonds is 2. The van der Waals surface area contributed by atoms with Crippen LogP contribution in [0, 0.1) is 16.7 Å². The molecular weight excluding hydrogens is 146 g/mol. The lowest BCUT2D eigenvalue weighted by atomic mass is 9.75. The Morgan fingerprint density at radius 1 is 1.33 bits per heavy atom. The van der Waals surface area contributed by atoms with Crippen LogP contribution >= 0.6 is 0 Å². The molecule has 1 nitrogen and oxygen atoms in total. The molecule has 0 spiro atoms. The van der Waals surface area contributed by atoms with Crippen molar-refractivity contribution in [1.29, 1.82) is 5.26 Å². The molecule has 0 unspecified atom stereocenters. The highest BCUT2D eigenvalue weighted by atomic mass is 14.4. The first-order valence-corrected chi connectivity index (χ1v) is 4.92. The summed E-state index contributed by atoms with van der Waals surface area (Å²) in [6.45, 7) is 2.12. The van der Waals surface area contributed by atoms with Gasteiger partial charge in [-0.25, -0.2) is 0 Å². The van der Waals surface area contributed by atoms with Gasteiger partial charge >= 0.3 is 0 Å². The van der Waals surface area contributed by atoms with Gasteiger partial charge in [0.1, 0.15) is 0 Å². The number of nitriles is 1. The van der Waals surface area contributed by atoms with Crippen LogP contribution in [0.3, 0.4) is 0 Å². The van der Waals surface area contributed by atoms with Crippen LogP contribution in [0.1, 0.15) is 45.4 Å². The summed E-state index contributed by atoms with van der Waals surface area (Å²) in [5, 5.41) is 9.07. The summed E-state index contributed by atoms with van der Waals surface area (Å²) in [4.78, 5) is 0. The molecule has 1 fully saturated rings. The Balaban J connectivity index is 2.61. The largest absolute Gasteiger partial charge is 0.197 e.